The number of hydrogen-bond acceptors (Lipinski definition) is 4. The van der Waals surface area contributed by atoms with Crippen LogP contribution in [0.4, 0.5) is 0 Å². The third-order valence-corrected chi connectivity index (χ3v) is 5.41. The van der Waals surface area contributed by atoms with Crippen LogP contribution in [0.5, 0.6) is 5.75 Å². The van der Waals surface area contributed by atoms with E-state index in [2.05, 4.69) is 5.32 Å². The third-order valence-electron chi connectivity index (χ3n) is 5.41. The quantitative estimate of drug-likeness (QED) is 0.775. The predicted molar refractivity (Wildman–Crippen MR) is 111 cm³/mol. The first-order chi connectivity index (χ1) is 12.9. The molecule has 1 atom stereocenters. The van der Waals surface area contributed by atoms with Crippen LogP contribution in [0, 0.1) is 6.92 Å². The summed E-state index contributed by atoms with van der Waals surface area (Å²) in [5.74, 6) is -0.398. The van der Waals surface area contributed by atoms with E-state index in [0.717, 1.165) is 16.9 Å². The number of nitrogens with one attached hydrogen (secondary N) is 1. The summed E-state index contributed by atoms with van der Waals surface area (Å²) in [6, 6.07) is 5.51. The van der Waals surface area contributed by atoms with E-state index in [1.807, 2.05) is 66.7 Å². The van der Waals surface area contributed by atoms with E-state index >= 15 is 0 Å². The number of rotatable bonds is 4. The maximum absolute atomic E-state index is 13.1. The van der Waals surface area contributed by atoms with Gasteiger partial charge in [-0.25, -0.2) is 0 Å². The number of piperidine rings is 1. The average molecular weight is 390 g/mol. The van der Waals surface area contributed by atoms with Crippen molar-refractivity contribution in [2.75, 3.05) is 6.61 Å². The molecule has 0 aromatic heterocycles. The van der Waals surface area contributed by atoms with Crippen molar-refractivity contribution in [3.63, 3.8) is 0 Å². The Hall–Kier alpha value is -2.08. The highest BCUT2D eigenvalue weighted by Crippen LogP contribution is 2.38. The molecular weight excluding hydrogens is 354 g/mol. The summed E-state index contributed by atoms with van der Waals surface area (Å²) in [6.07, 6.45) is 1.33. The van der Waals surface area contributed by atoms with Crippen LogP contribution in [0.2, 0.25) is 0 Å². The van der Waals surface area contributed by atoms with Crippen molar-refractivity contribution in [3.8, 4) is 5.75 Å². The van der Waals surface area contributed by atoms with Crippen molar-refractivity contribution in [1.82, 2.24) is 10.2 Å². The molecule has 6 heteroatoms. The van der Waals surface area contributed by atoms with Crippen molar-refractivity contribution in [2.24, 2.45) is 5.73 Å². The highest BCUT2D eigenvalue weighted by molar-refractivity contribution is 6.35. The molecule has 2 amide bonds. The van der Waals surface area contributed by atoms with E-state index < -0.39 is 22.9 Å². The Kier molecular flexibility index (Phi) is 6.44. The van der Waals surface area contributed by atoms with Gasteiger partial charge in [-0.05, 0) is 67.4 Å². The van der Waals surface area contributed by atoms with E-state index in [1.54, 1.807) is 4.90 Å². The standard InChI is InChI=1S/C22H35N3O3/c1-8-28-18-10-9-14(2)11-17(18)15(3)24-19(26)20(27)25-21(4,5)12-16(23)13-22(25,6)7/h9-11,15-16H,8,12-13,23H2,1-7H3,(H,24,26). The fraction of sp³-hybridized carbons (Fsp3) is 0.636. The Labute approximate surface area is 168 Å². The fourth-order valence-corrected chi connectivity index (χ4v) is 4.64. The van der Waals surface area contributed by atoms with E-state index in [1.165, 1.54) is 0 Å². The van der Waals surface area contributed by atoms with Crippen LogP contribution in [0.25, 0.3) is 0 Å². The number of carbonyl (C=O) groups is 2. The van der Waals surface area contributed by atoms with Crippen molar-refractivity contribution >= 4 is 11.8 Å². The normalized spacial score (nSPS) is 19.8. The maximum atomic E-state index is 13.1. The lowest BCUT2D eigenvalue weighted by atomic mass is 9.77. The van der Waals surface area contributed by atoms with E-state index in [4.69, 9.17) is 10.5 Å². The first-order valence-corrected chi connectivity index (χ1v) is 10.0. The van der Waals surface area contributed by atoms with E-state index in [9.17, 15) is 9.59 Å². The van der Waals surface area contributed by atoms with Crippen molar-refractivity contribution in [3.05, 3.63) is 29.3 Å². The van der Waals surface area contributed by atoms with Crippen LogP contribution < -0.4 is 15.8 Å². The van der Waals surface area contributed by atoms with Crippen LogP contribution in [-0.4, -0.2) is 40.4 Å². The van der Waals surface area contributed by atoms with Gasteiger partial charge in [0, 0.05) is 22.7 Å². The van der Waals surface area contributed by atoms with Crippen LogP contribution >= 0.6 is 0 Å². The number of hydrogen-bond donors (Lipinski definition) is 2. The lowest BCUT2D eigenvalue weighted by Crippen LogP contribution is -2.67. The van der Waals surface area contributed by atoms with E-state index in [-0.39, 0.29) is 12.1 Å². The molecule has 1 aromatic carbocycles. The zero-order valence-corrected chi connectivity index (χ0v) is 18.3. The molecule has 0 bridgehead atoms. The van der Waals surface area contributed by atoms with Crippen molar-refractivity contribution < 1.29 is 14.3 Å². The lowest BCUT2D eigenvalue weighted by molar-refractivity contribution is -0.159. The molecule has 0 spiro atoms. The number of likely N-dealkylation sites (tertiary alicyclic amines) is 1. The van der Waals surface area contributed by atoms with Gasteiger partial charge in [-0.1, -0.05) is 17.7 Å². The summed E-state index contributed by atoms with van der Waals surface area (Å²) >= 11 is 0. The highest BCUT2D eigenvalue weighted by atomic mass is 16.5. The van der Waals surface area contributed by atoms with Gasteiger partial charge in [-0.3, -0.25) is 9.59 Å². The summed E-state index contributed by atoms with van der Waals surface area (Å²) in [5.41, 5.74) is 7.14. The molecule has 0 radical (unpaired) electrons. The summed E-state index contributed by atoms with van der Waals surface area (Å²) in [6.45, 7) is 14.2. The van der Waals surface area contributed by atoms with Crippen LogP contribution in [0.3, 0.4) is 0 Å². The largest absolute Gasteiger partial charge is 0.494 e. The Morgan fingerprint density at radius 1 is 1.25 bits per heavy atom. The minimum Gasteiger partial charge on any atom is -0.494 e. The zero-order chi connectivity index (χ0) is 21.3. The second-order valence-electron chi connectivity index (χ2n) is 9.10. The Bertz CT molecular complexity index is 725. The number of carbonyl (C=O) groups excluding carboxylic acids is 2. The lowest BCUT2D eigenvalue weighted by Gasteiger charge is -2.54. The Morgan fingerprint density at radius 3 is 2.36 bits per heavy atom. The summed E-state index contributed by atoms with van der Waals surface area (Å²) in [7, 11) is 0. The van der Waals surface area contributed by atoms with Gasteiger partial charge in [0.25, 0.3) is 0 Å². The smallest absolute Gasteiger partial charge is 0.312 e. The molecule has 28 heavy (non-hydrogen) atoms. The summed E-state index contributed by atoms with van der Waals surface area (Å²) in [5, 5.41) is 2.86. The minimum absolute atomic E-state index is 0.0112. The molecule has 6 nitrogen and oxygen atoms in total. The molecule has 1 aliphatic heterocycles. The number of benzene rings is 1. The number of nitrogens with zero attached hydrogens (tertiary/aromatic N) is 1. The molecule has 1 aliphatic rings. The van der Waals surface area contributed by atoms with Gasteiger partial charge in [0.1, 0.15) is 5.75 Å². The first kappa shape index (κ1) is 22.2. The van der Waals surface area contributed by atoms with Gasteiger partial charge in [0.15, 0.2) is 0 Å². The minimum atomic E-state index is -0.604. The topological polar surface area (TPSA) is 84.7 Å². The number of ether oxygens (including phenoxy) is 1. The molecule has 1 aromatic rings. The van der Waals surface area contributed by atoms with Gasteiger partial charge in [-0.15, -0.1) is 0 Å². The van der Waals surface area contributed by atoms with Crippen molar-refractivity contribution in [1.29, 1.82) is 0 Å². The van der Waals surface area contributed by atoms with Crippen LogP contribution in [-0.2, 0) is 9.59 Å². The van der Waals surface area contributed by atoms with Gasteiger partial charge >= 0.3 is 11.8 Å². The number of nitrogens with two attached hydrogens (primary N) is 1. The van der Waals surface area contributed by atoms with Crippen LogP contribution in [0.15, 0.2) is 18.2 Å². The molecule has 0 saturated carbocycles. The molecule has 1 saturated heterocycles. The number of amides is 2. The number of aryl methyl sites for hydroxylation is 1. The summed E-state index contributed by atoms with van der Waals surface area (Å²) in [4.78, 5) is 27.7. The molecule has 1 heterocycles. The van der Waals surface area contributed by atoms with Gasteiger partial charge in [0.2, 0.25) is 0 Å². The molecule has 3 N–H and O–H groups in total. The molecule has 1 unspecified atom stereocenters. The maximum Gasteiger partial charge on any atom is 0.312 e. The fourth-order valence-electron chi connectivity index (χ4n) is 4.64. The Balaban J connectivity index is 2.22. The van der Waals surface area contributed by atoms with Gasteiger partial charge in [-0.2, -0.15) is 0 Å². The molecular formula is C22H35N3O3. The molecule has 156 valence electrons. The SMILES string of the molecule is CCOc1ccc(C)cc1C(C)NC(=O)C(=O)N1C(C)(C)CC(N)CC1(C)C. The van der Waals surface area contributed by atoms with Crippen molar-refractivity contribution in [2.45, 2.75) is 84.5 Å². The zero-order valence-electron chi connectivity index (χ0n) is 18.3. The molecule has 0 aliphatic carbocycles. The molecule has 2 rings (SSSR count). The van der Waals surface area contributed by atoms with E-state index in [0.29, 0.717) is 19.4 Å². The highest BCUT2D eigenvalue weighted by Gasteiger charge is 2.48. The Morgan fingerprint density at radius 2 is 1.82 bits per heavy atom. The second-order valence-corrected chi connectivity index (χ2v) is 9.10. The average Bonchev–Trinajstić information content (AvgIpc) is 2.53. The molecule has 1 fully saturated rings. The third kappa shape index (κ3) is 4.66. The predicted octanol–water partition coefficient (Wildman–Crippen LogP) is 3.08. The van der Waals surface area contributed by atoms with Gasteiger partial charge < -0.3 is 20.7 Å². The monoisotopic (exact) mass is 389 g/mol. The van der Waals surface area contributed by atoms with Crippen LogP contribution in [0.1, 0.15) is 71.6 Å². The first-order valence-electron chi connectivity index (χ1n) is 10.0. The summed E-state index contributed by atoms with van der Waals surface area (Å²) < 4.78 is 5.69. The van der Waals surface area contributed by atoms with Gasteiger partial charge in [0.05, 0.1) is 12.6 Å². The second kappa shape index (κ2) is 8.11.